The molecule has 0 radical (unpaired) electrons. The highest BCUT2D eigenvalue weighted by atomic mass is 35.5. The van der Waals surface area contributed by atoms with Gasteiger partial charge in [-0.25, -0.2) is 0 Å². The molecule has 1 saturated carbocycles. The van der Waals surface area contributed by atoms with Gasteiger partial charge in [-0.2, -0.15) is 0 Å². The van der Waals surface area contributed by atoms with Gasteiger partial charge in [-0.15, -0.1) is 0 Å². The fraction of sp³-hybridized carbons (Fsp3) is 0.600. The molecular weight excluding hydrogens is 354 g/mol. The molecule has 144 valence electrons. The number of ether oxygens (including phenoxy) is 2. The van der Waals surface area contributed by atoms with Crippen molar-refractivity contribution in [2.45, 2.75) is 46.0 Å². The second kappa shape index (κ2) is 9.81. The molecule has 1 fully saturated rings. The van der Waals surface area contributed by atoms with Gasteiger partial charge in [0.1, 0.15) is 0 Å². The summed E-state index contributed by atoms with van der Waals surface area (Å²) in [4.78, 5) is 24.9. The van der Waals surface area contributed by atoms with Crippen LogP contribution in [0.5, 0.6) is 0 Å². The van der Waals surface area contributed by atoms with Crippen molar-refractivity contribution in [2.75, 3.05) is 25.1 Å². The number of halogens is 1. The predicted molar refractivity (Wildman–Crippen MR) is 102 cm³/mol. The maximum atomic E-state index is 12.7. The predicted octanol–water partition coefficient (Wildman–Crippen LogP) is 4.44. The lowest BCUT2D eigenvalue weighted by Crippen LogP contribution is -2.41. The molecule has 0 aromatic heterocycles. The molecule has 1 aliphatic carbocycles. The Balaban J connectivity index is 2.06. The quantitative estimate of drug-likeness (QED) is 0.674. The molecule has 1 aromatic carbocycles. The van der Waals surface area contributed by atoms with E-state index in [1.165, 1.54) is 0 Å². The van der Waals surface area contributed by atoms with Gasteiger partial charge >= 0.3 is 11.9 Å². The smallest absolute Gasteiger partial charge is 0.312 e. The number of benzene rings is 1. The molecule has 0 amide bonds. The minimum absolute atomic E-state index is 0.205. The first-order chi connectivity index (χ1) is 12.5. The lowest BCUT2D eigenvalue weighted by Gasteiger charge is -2.38. The third kappa shape index (κ3) is 5.37. The maximum Gasteiger partial charge on any atom is 0.312 e. The van der Waals surface area contributed by atoms with Gasteiger partial charge in [-0.3, -0.25) is 9.59 Å². The van der Waals surface area contributed by atoms with E-state index in [4.69, 9.17) is 21.1 Å². The van der Waals surface area contributed by atoms with E-state index in [0.717, 1.165) is 24.9 Å². The summed E-state index contributed by atoms with van der Waals surface area (Å²) in [5.41, 5.74) is 0.270. The van der Waals surface area contributed by atoms with Crippen LogP contribution in [0.1, 0.15) is 46.0 Å². The van der Waals surface area contributed by atoms with E-state index in [1.807, 2.05) is 31.2 Å². The van der Waals surface area contributed by atoms with Crippen LogP contribution in [-0.2, 0) is 19.1 Å². The number of esters is 2. The standard InChI is InChI=1S/C20H28ClNO4/c1-3-25-18(23)15-7-6-10-20(14-15,19(24)26-4-2)11-12-22-17-9-5-8-16(21)13-17/h5,8-9,13,15,22H,3-4,6-7,10-12,14H2,1-2H3/t15-,20+/m0/s1. The lowest BCUT2D eigenvalue weighted by molar-refractivity contribution is -0.162. The third-order valence-corrected chi connectivity index (χ3v) is 5.17. The number of nitrogens with one attached hydrogen (secondary N) is 1. The third-order valence-electron chi connectivity index (χ3n) is 4.93. The zero-order valence-electron chi connectivity index (χ0n) is 15.6. The first-order valence-electron chi connectivity index (χ1n) is 9.34. The Kier molecular flexibility index (Phi) is 7.76. The van der Waals surface area contributed by atoms with E-state index in [0.29, 0.717) is 37.6 Å². The molecule has 1 aromatic rings. The summed E-state index contributed by atoms with van der Waals surface area (Å²) in [6, 6.07) is 7.48. The molecule has 1 N–H and O–H groups in total. The molecule has 0 unspecified atom stereocenters. The van der Waals surface area contributed by atoms with Gasteiger partial charge in [0.25, 0.3) is 0 Å². The minimum atomic E-state index is -0.642. The Morgan fingerprint density at radius 2 is 2.04 bits per heavy atom. The average Bonchev–Trinajstić information content (AvgIpc) is 2.62. The Hall–Kier alpha value is -1.75. The highest BCUT2D eigenvalue weighted by Crippen LogP contribution is 2.43. The van der Waals surface area contributed by atoms with Crippen LogP contribution in [0.4, 0.5) is 5.69 Å². The maximum absolute atomic E-state index is 12.7. The fourth-order valence-corrected chi connectivity index (χ4v) is 3.86. The van der Waals surface area contributed by atoms with Crippen LogP contribution in [0.3, 0.4) is 0 Å². The summed E-state index contributed by atoms with van der Waals surface area (Å²) in [6.45, 7) is 4.91. The number of rotatable bonds is 8. The van der Waals surface area contributed by atoms with Crippen LogP contribution in [0.15, 0.2) is 24.3 Å². The summed E-state index contributed by atoms with van der Waals surface area (Å²) in [7, 11) is 0. The second-order valence-corrected chi connectivity index (χ2v) is 7.17. The summed E-state index contributed by atoms with van der Waals surface area (Å²) < 4.78 is 10.5. The average molecular weight is 382 g/mol. The molecule has 26 heavy (non-hydrogen) atoms. The van der Waals surface area contributed by atoms with Crippen molar-refractivity contribution in [3.63, 3.8) is 0 Å². The van der Waals surface area contributed by atoms with Crippen LogP contribution >= 0.6 is 11.6 Å². The SMILES string of the molecule is CCOC(=O)[C@H]1CCC[C@](CCNc2cccc(Cl)c2)(C(=O)OCC)C1. The number of anilines is 1. The summed E-state index contributed by atoms with van der Waals surface area (Å²) in [6.07, 6.45) is 3.41. The molecule has 1 aliphatic rings. The monoisotopic (exact) mass is 381 g/mol. The fourth-order valence-electron chi connectivity index (χ4n) is 3.67. The van der Waals surface area contributed by atoms with Crippen molar-refractivity contribution < 1.29 is 19.1 Å². The normalized spacial score (nSPS) is 22.5. The molecule has 0 bridgehead atoms. The number of carbonyl (C=O) groups is 2. The summed E-state index contributed by atoms with van der Waals surface area (Å²) in [5.74, 6) is -0.648. The highest BCUT2D eigenvalue weighted by Gasteiger charge is 2.45. The van der Waals surface area contributed by atoms with E-state index >= 15 is 0 Å². The lowest BCUT2D eigenvalue weighted by atomic mass is 9.67. The first-order valence-corrected chi connectivity index (χ1v) is 9.72. The van der Waals surface area contributed by atoms with Gasteiger partial charge in [0, 0.05) is 17.3 Å². The van der Waals surface area contributed by atoms with E-state index in [2.05, 4.69) is 5.32 Å². The van der Waals surface area contributed by atoms with Crippen molar-refractivity contribution in [3.8, 4) is 0 Å². The van der Waals surface area contributed by atoms with Gasteiger partial charge in [0.05, 0.1) is 24.5 Å². The largest absolute Gasteiger partial charge is 0.466 e. The van der Waals surface area contributed by atoms with Gasteiger partial charge in [0.15, 0.2) is 0 Å². The van der Waals surface area contributed by atoms with Crippen LogP contribution < -0.4 is 5.32 Å². The zero-order chi connectivity index (χ0) is 19.0. The van der Waals surface area contributed by atoms with Crippen LogP contribution in [-0.4, -0.2) is 31.7 Å². The molecule has 0 spiro atoms. The molecule has 6 heteroatoms. The van der Waals surface area contributed by atoms with Crippen LogP contribution in [0, 0.1) is 11.3 Å². The number of carbonyl (C=O) groups excluding carboxylic acids is 2. The molecular formula is C20H28ClNO4. The zero-order valence-corrected chi connectivity index (χ0v) is 16.3. The van der Waals surface area contributed by atoms with Gasteiger partial charge < -0.3 is 14.8 Å². The Morgan fingerprint density at radius 3 is 2.73 bits per heavy atom. The molecule has 0 aliphatic heterocycles. The second-order valence-electron chi connectivity index (χ2n) is 6.73. The van der Waals surface area contributed by atoms with E-state index in [-0.39, 0.29) is 17.9 Å². The van der Waals surface area contributed by atoms with Crippen molar-refractivity contribution in [2.24, 2.45) is 11.3 Å². The van der Waals surface area contributed by atoms with Crippen molar-refractivity contribution >= 4 is 29.2 Å². The van der Waals surface area contributed by atoms with Gasteiger partial charge in [0.2, 0.25) is 0 Å². The van der Waals surface area contributed by atoms with Gasteiger partial charge in [-0.1, -0.05) is 24.1 Å². The molecule has 2 rings (SSSR count). The van der Waals surface area contributed by atoms with Crippen LogP contribution in [0.2, 0.25) is 5.02 Å². The molecule has 2 atom stereocenters. The molecule has 0 heterocycles. The topological polar surface area (TPSA) is 64.6 Å². The molecule has 0 saturated heterocycles. The minimum Gasteiger partial charge on any atom is -0.466 e. The van der Waals surface area contributed by atoms with E-state index < -0.39 is 5.41 Å². The van der Waals surface area contributed by atoms with E-state index in [9.17, 15) is 9.59 Å². The summed E-state index contributed by atoms with van der Waals surface area (Å²) in [5, 5.41) is 3.98. The summed E-state index contributed by atoms with van der Waals surface area (Å²) >= 11 is 6.01. The van der Waals surface area contributed by atoms with Crippen LogP contribution in [0.25, 0.3) is 0 Å². The Bertz CT molecular complexity index is 622. The number of hydrogen-bond acceptors (Lipinski definition) is 5. The van der Waals surface area contributed by atoms with Crippen molar-refractivity contribution in [1.82, 2.24) is 0 Å². The number of hydrogen-bond donors (Lipinski definition) is 1. The van der Waals surface area contributed by atoms with E-state index in [1.54, 1.807) is 6.92 Å². The first kappa shape index (κ1) is 20.6. The van der Waals surface area contributed by atoms with Crippen molar-refractivity contribution in [1.29, 1.82) is 0 Å². The molecule has 5 nitrogen and oxygen atoms in total. The highest BCUT2D eigenvalue weighted by molar-refractivity contribution is 6.30. The van der Waals surface area contributed by atoms with Crippen molar-refractivity contribution in [3.05, 3.63) is 29.3 Å². The Labute approximate surface area is 160 Å². The Morgan fingerprint density at radius 1 is 1.27 bits per heavy atom. The van der Waals surface area contributed by atoms with Gasteiger partial charge in [-0.05, 0) is 57.7 Å².